The minimum absolute atomic E-state index is 0.00628. The van der Waals surface area contributed by atoms with Crippen LogP contribution >= 0.6 is 11.6 Å². The van der Waals surface area contributed by atoms with E-state index in [0.29, 0.717) is 36.3 Å². The molecule has 0 radical (unpaired) electrons. The molecule has 42 heavy (non-hydrogen) atoms. The van der Waals surface area contributed by atoms with Gasteiger partial charge in [-0.3, -0.25) is 4.90 Å². The number of nitrogens with zero attached hydrogens (tertiary/aromatic N) is 6. The smallest absolute Gasteiger partial charge is 0.335 e. The van der Waals surface area contributed by atoms with Gasteiger partial charge in [-0.25, -0.2) is 19.2 Å². The minimum Gasteiger partial charge on any atom is -0.478 e. The number of anilines is 1. The van der Waals surface area contributed by atoms with Crippen molar-refractivity contribution in [3.05, 3.63) is 87.6 Å². The summed E-state index contributed by atoms with van der Waals surface area (Å²) in [5, 5.41) is 9.85. The van der Waals surface area contributed by atoms with E-state index in [2.05, 4.69) is 24.3 Å². The second kappa shape index (κ2) is 11.0. The highest BCUT2D eigenvalue weighted by Gasteiger charge is 2.32. The molecule has 10 nitrogen and oxygen atoms in total. The quantitative estimate of drug-likeness (QED) is 0.287. The van der Waals surface area contributed by atoms with Crippen LogP contribution < -0.4 is 9.64 Å². The number of fused-ring (bicyclic) bond motifs is 1. The highest BCUT2D eigenvalue weighted by molar-refractivity contribution is 6.30. The lowest BCUT2D eigenvalue weighted by atomic mass is 10.1. The maximum absolute atomic E-state index is 14.1. The van der Waals surface area contributed by atoms with Crippen molar-refractivity contribution in [2.75, 3.05) is 44.3 Å². The largest absolute Gasteiger partial charge is 0.478 e. The Bertz CT molecular complexity index is 1700. The topological polar surface area (TPSA) is 106 Å². The maximum Gasteiger partial charge on any atom is 0.335 e. The lowest BCUT2D eigenvalue weighted by molar-refractivity contribution is -0.0393. The average Bonchev–Trinajstić information content (AvgIpc) is 3.61. The third-order valence-electron chi connectivity index (χ3n) is 7.99. The number of carbonyl (C=O) groups is 1. The molecule has 1 saturated heterocycles. The molecule has 0 atom stereocenters. The van der Waals surface area contributed by atoms with Gasteiger partial charge in [0.25, 0.3) is 0 Å². The zero-order valence-corrected chi connectivity index (χ0v) is 23.4. The summed E-state index contributed by atoms with van der Waals surface area (Å²) in [7, 11) is 0. The number of aromatic carboxylic acids is 1. The molecule has 3 aliphatic heterocycles. The molecule has 12 heteroatoms. The normalized spacial score (nSPS) is 17.2. The number of imidazole rings is 1. The van der Waals surface area contributed by atoms with E-state index in [4.69, 9.17) is 26.1 Å². The first-order valence-corrected chi connectivity index (χ1v) is 14.1. The van der Waals surface area contributed by atoms with Gasteiger partial charge >= 0.3 is 12.0 Å². The number of aromatic nitrogens is 4. The van der Waals surface area contributed by atoms with Crippen molar-refractivity contribution in [3.8, 4) is 6.01 Å². The van der Waals surface area contributed by atoms with E-state index >= 15 is 0 Å². The molecule has 216 valence electrons. The van der Waals surface area contributed by atoms with Gasteiger partial charge in [-0.15, -0.1) is 0 Å². The molecule has 0 bridgehead atoms. The Labute approximate surface area is 246 Å². The fourth-order valence-electron chi connectivity index (χ4n) is 5.77. The summed E-state index contributed by atoms with van der Waals surface area (Å²) in [6.07, 6.45) is 1.65. The first kappa shape index (κ1) is 26.8. The summed E-state index contributed by atoms with van der Waals surface area (Å²) < 4.78 is 27.4. The first-order chi connectivity index (χ1) is 20.4. The molecule has 0 aliphatic carbocycles. The van der Waals surface area contributed by atoms with Crippen molar-refractivity contribution in [1.29, 1.82) is 0 Å². The van der Waals surface area contributed by atoms with Gasteiger partial charge in [-0.1, -0.05) is 17.7 Å². The summed E-state index contributed by atoms with van der Waals surface area (Å²) in [6.45, 7) is 6.02. The zero-order chi connectivity index (χ0) is 28.8. The van der Waals surface area contributed by atoms with Crippen molar-refractivity contribution in [1.82, 2.24) is 24.4 Å². The van der Waals surface area contributed by atoms with Crippen LogP contribution in [0.1, 0.15) is 21.7 Å². The van der Waals surface area contributed by atoms with E-state index in [1.807, 2.05) is 6.07 Å². The number of ether oxygens (including phenoxy) is 2. The highest BCUT2D eigenvalue weighted by atomic mass is 35.5. The molecule has 2 aromatic heterocycles. The Hall–Kier alpha value is -4.06. The SMILES string of the molecule is O=C(O)c1ccc2nc(CN3CC4=C(C3)CN(c3ccnc(OCc5ccc(Cl)cc5F)n3)C4)n(CC3COC3)c2c1. The Kier molecular flexibility index (Phi) is 7.01. The Morgan fingerprint density at radius 3 is 2.60 bits per heavy atom. The molecule has 3 aliphatic rings. The second-order valence-corrected chi connectivity index (χ2v) is 11.4. The lowest BCUT2D eigenvalue weighted by Crippen LogP contribution is -2.33. The fraction of sp³-hybridized carbons (Fsp3) is 0.333. The van der Waals surface area contributed by atoms with Crippen LogP contribution in [0, 0.1) is 11.7 Å². The van der Waals surface area contributed by atoms with Crippen LogP contribution in [0.4, 0.5) is 10.2 Å². The molecule has 0 spiro atoms. The molecule has 0 saturated carbocycles. The summed E-state index contributed by atoms with van der Waals surface area (Å²) in [5.74, 6) is 0.724. The lowest BCUT2D eigenvalue weighted by Gasteiger charge is -2.28. The van der Waals surface area contributed by atoms with E-state index in [0.717, 1.165) is 55.4 Å². The number of hydrogen-bond acceptors (Lipinski definition) is 8. The third-order valence-corrected chi connectivity index (χ3v) is 8.23. The van der Waals surface area contributed by atoms with Gasteiger partial charge in [0.15, 0.2) is 0 Å². The predicted molar refractivity (Wildman–Crippen MR) is 153 cm³/mol. The van der Waals surface area contributed by atoms with Gasteiger partial charge in [0.2, 0.25) is 0 Å². The van der Waals surface area contributed by atoms with Crippen LogP contribution in [0.25, 0.3) is 11.0 Å². The Morgan fingerprint density at radius 1 is 1.07 bits per heavy atom. The van der Waals surface area contributed by atoms with E-state index in [1.54, 1.807) is 36.5 Å². The van der Waals surface area contributed by atoms with Crippen LogP contribution in [0.3, 0.4) is 0 Å². The van der Waals surface area contributed by atoms with E-state index in [-0.39, 0.29) is 18.2 Å². The van der Waals surface area contributed by atoms with Crippen LogP contribution in [-0.4, -0.2) is 74.9 Å². The number of hydrogen-bond donors (Lipinski definition) is 1. The van der Waals surface area contributed by atoms with Crippen molar-refractivity contribution < 1.29 is 23.8 Å². The molecule has 4 aromatic rings. The van der Waals surface area contributed by atoms with Crippen LogP contribution in [0.5, 0.6) is 6.01 Å². The molecular weight excluding hydrogens is 563 g/mol. The second-order valence-electron chi connectivity index (χ2n) is 11.0. The number of halogens is 2. The van der Waals surface area contributed by atoms with E-state index in [9.17, 15) is 14.3 Å². The third kappa shape index (κ3) is 5.31. The van der Waals surface area contributed by atoms with Crippen molar-refractivity contribution in [2.24, 2.45) is 5.92 Å². The van der Waals surface area contributed by atoms with Gasteiger partial charge in [-0.05, 0) is 47.5 Å². The highest BCUT2D eigenvalue weighted by Crippen LogP contribution is 2.31. The van der Waals surface area contributed by atoms with Gasteiger partial charge in [0.05, 0.1) is 36.4 Å². The molecule has 7 rings (SSSR count). The molecule has 1 N–H and O–H groups in total. The molecule has 5 heterocycles. The first-order valence-electron chi connectivity index (χ1n) is 13.8. The average molecular weight is 591 g/mol. The molecule has 2 aromatic carbocycles. The molecule has 0 amide bonds. The number of carboxylic acid groups (broad SMARTS) is 1. The number of carboxylic acids is 1. The van der Waals surface area contributed by atoms with Gasteiger partial charge in [0, 0.05) is 55.4 Å². The fourth-order valence-corrected chi connectivity index (χ4v) is 5.93. The summed E-state index contributed by atoms with van der Waals surface area (Å²) in [4.78, 5) is 29.8. The van der Waals surface area contributed by atoms with E-state index in [1.165, 1.54) is 17.2 Å². The summed E-state index contributed by atoms with van der Waals surface area (Å²) in [6, 6.07) is 11.6. The van der Waals surface area contributed by atoms with Crippen LogP contribution in [0.15, 0.2) is 59.8 Å². The summed E-state index contributed by atoms with van der Waals surface area (Å²) in [5.41, 5.74) is 5.03. The van der Waals surface area contributed by atoms with Crippen LogP contribution in [-0.2, 0) is 24.4 Å². The number of benzene rings is 2. The maximum atomic E-state index is 14.1. The van der Waals surface area contributed by atoms with Gasteiger partial charge in [-0.2, -0.15) is 4.98 Å². The molecule has 1 fully saturated rings. The van der Waals surface area contributed by atoms with E-state index < -0.39 is 11.8 Å². The number of rotatable bonds is 9. The minimum atomic E-state index is -0.944. The Balaban J connectivity index is 1.01. The monoisotopic (exact) mass is 590 g/mol. The predicted octanol–water partition coefficient (Wildman–Crippen LogP) is 4.17. The zero-order valence-electron chi connectivity index (χ0n) is 22.7. The van der Waals surface area contributed by atoms with Crippen molar-refractivity contribution >= 4 is 34.4 Å². The van der Waals surface area contributed by atoms with Crippen LogP contribution in [0.2, 0.25) is 5.02 Å². The van der Waals surface area contributed by atoms with Crippen molar-refractivity contribution in [3.63, 3.8) is 0 Å². The Morgan fingerprint density at radius 2 is 1.88 bits per heavy atom. The van der Waals surface area contributed by atoms with Gasteiger partial charge < -0.3 is 24.0 Å². The molecule has 0 unspecified atom stereocenters. The molecular formula is C30H28ClFN6O4. The van der Waals surface area contributed by atoms with Crippen molar-refractivity contribution in [2.45, 2.75) is 19.7 Å². The summed E-state index contributed by atoms with van der Waals surface area (Å²) >= 11 is 5.84. The standard InChI is InChI=1S/C30H28ClFN6O4/c31-23-3-1-20(24(32)8-23)17-42-30-33-6-5-27(35-30)37-12-21-10-36(11-22(21)13-37)14-28-34-25-4-2-19(29(39)40)7-26(25)38(28)9-18-15-41-16-18/h1-8,18H,9-17H2,(H,39,40). The van der Waals surface area contributed by atoms with Gasteiger partial charge in [0.1, 0.15) is 24.1 Å².